The first kappa shape index (κ1) is 9.42. The SMILES string of the molecule is NCCCCc1nccc(Cl)n1. The van der Waals surface area contributed by atoms with Crippen LogP contribution in [0.3, 0.4) is 0 Å². The maximum atomic E-state index is 5.68. The third-order valence-corrected chi connectivity index (χ3v) is 1.74. The molecule has 0 bridgehead atoms. The van der Waals surface area contributed by atoms with Gasteiger partial charge >= 0.3 is 0 Å². The number of hydrogen-bond donors (Lipinski definition) is 1. The molecule has 1 aromatic heterocycles. The van der Waals surface area contributed by atoms with Crippen LogP contribution in [0.1, 0.15) is 18.7 Å². The summed E-state index contributed by atoms with van der Waals surface area (Å²) in [5, 5.41) is 0.507. The Hall–Kier alpha value is -0.670. The third-order valence-electron chi connectivity index (χ3n) is 1.53. The van der Waals surface area contributed by atoms with Gasteiger partial charge in [-0.25, -0.2) is 9.97 Å². The molecule has 0 aliphatic heterocycles. The molecule has 0 spiro atoms. The highest BCUT2D eigenvalue weighted by Gasteiger charge is 1.96. The fourth-order valence-electron chi connectivity index (χ4n) is 0.922. The van der Waals surface area contributed by atoms with Gasteiger partial charge in [-0.1, -0.05) is 11.6 Å². The molecule has 0 atom stereocenters. The maximum Gasteiger partial charge on any atom is 0.132 e. The number of nitrogens with two attached hydrogens (primary N) is 1. The molecule has 0 saturated carbocycles. The zero-order valence-electron chi connectivity index (χ0n) is 6.83. The summed E-state index contributed by atoms with van der Waals surface area (Å²) >= 11 is 5.68. The first-order valence-corrected chi connectivity index (χ1v) is 4.38. The predicted octanol–water partition coefficient (Wildman–Crippen LogP) is 1.41. The summed E-state index contributed by atoms with van der Waals surface area (Å²) < 4.78 is 0. The molecule has 0 aliphatic carbocycles. The highest BCUT2D eigenvalue weighted by Crippen LogP contribution is 2.04. The summed E-state index contributed by atoms with van der Waals surface area (Å²) in [7, 11) is 0. The number of unbranched alkanes of at least 4 members (excludes halogenated alkanes) is 1. The molecule has 1 aromatic rings. The summed E-state index contributed by atoms with van der Waals surface area (Å²) in [6, 6.07) is 1.67. The third kappa shape index (κ3) is 3.15. The Labute approximate surface area is 77.0 Å². The van der Waals surface area contributed by atoms with E-state index < -0.39 is 0 Å². The number of nitrogens with zero attached hydrogens (tertiary/aromatic N) is 2. The Kier molecular flexibility index (Phi) is 3.97. The molecule has 12 heavy (non-hydrogen) atoms. The number of halogens is 1. The second-order valence-electron chi connectivity index (χ2n) is 2.54. The van der Waals surface area contributed by atoms with E-state index in [0.717, 1.165) is 31.6 Å². The van der Waals surface area contributed by atoms with Crippen molar-refractivity contribution in [3.63, 3.8) is 0 Å². The first-order valence-electron chi connectivity index (χ1n) is 4.00. The van der Waals surface area contributed by atoms with Crippen molar-refractivity contribution in [2.75, 3.05) is 6.54 Å². The lowest BCUT2D eigenvalue weighted by molar-refractivity contribution is 0.716. The molecule has 0 aromatic carbocycles. The van der Waals surface area contributed by atoms with Crippen molar-refractivity contribution in [2.24, 2.45) is 5.73 Å². The van der Waals surface area contributed by atoms with Gasteiger partial charge in [0.1, 0.15) is 11.0 Å². The fourth-order valence-corrected chi connectivity index (χ4v) is 1.08. The van der Waals surface area contributed by atoms with E-state index in [1.165, 1.54) is 0 Å². The molecule has 0 saturated heterocycles. The first-order chi connectivity index (χ1) is 5.83. The highest BCUT2D eigenvalue weighted by molar-refractivity contribution is 6.29. The summed E-state index contributed by atoms with van der Waals surface area (Å²) in [6.07, 6.45) is 4.57. The average molecular weight is 186 g/mol. The van der Waals surface area contributed by atoms with E-state index in [1.54, 1.807) is 12.3 Å². The van der Waals surface area contributed by atoms with Gasteiger partial charge in [-0.2, -0.15) is 0 Å². The molecule has 1 heterocycles. The van der Waals surface area contributed by atoms with Crippen LogP contribution in [0.25, 0.3) is 0 Å². The van der Waals surface area contributed by atoms with Crippen LogP contribution < -0.4 is 5.73 Å². The van der Waals surface area contributed by atoms with E-state index in [1.807, 2.05) is 0 Å². The predicted molar refractivity (Wildman–Crippen MR) is 49.0 cm³/mol. The van der Waals surface area contributed by atoms with E-state index in [-0.39, 0.29) is 0 Å². The molecule has 1 rings (SSSR count). The quantitative estimate of drug-likeness (QED) is 0.570. The lowest BCUT2D eigenvalue weighted by atomic mass is 10.2. The van der Waals surface area contributed by atoms with Crippen LogP contribution in [0, 0.1) is 0 Å². The van der Waals surface area contributed by atoms with Gasteiger partial charge in [0.2, 0.25) is 0 Å². The zero-order chi connectivity index (χ0) is 8.81. The topological polar surface area (TPSA) is 51.8 Å². The maximum absolute atomic E-state index is 5.68. The van der Waals surface area contributed by atoms with E-state index in [0.29, 0.717) is 5.15 Å². The molecule has 66 valence electrons. The van der Waals surface area contributed by atoms with E-state index in [4.69, 9.17) is 17.3 Å². The summed E-state index contributed by atoms with van der Waals surface area (Å²) in [5.74, 6) is 0.802. The Morgan fingerprint density at radius 2 is 2.25 bits per heavy atom. The Morgan fingerprint density at radius 1 is 1.42 bits per heavy atom. The second-order valence-corrected chi connectivity index (χ2v) is 2.93. The molecule has 0 unspecified atom stereocenters. The molecule has 0 amide bonds. The lowest BCUT2D eigenvalue weighted by Gasteiger charge is -1.98. The van der Waals surface area contributed by atoms with Crippen LogP contribution in [0.15, 0.2) is 12.3 Å². The number of aromatic nitrogens is 2. The van der Waals surface area contributed by atoms with Crippen molar-refractivity contribution in [3.05, 3.63) is 23.2 Å². The molecule has 0 fully saturated rings. The van der Waals surface area contributed by atoms with E-state index >= 15 is 0 Å². The summed E-state index contributed by atoms with van der Waals surface area (Å²) in [5.41, 5.74) is 5.36. The molecule has 0 radical (unpaired) electrons. The summed E-state index contributed by atoms with van der Waals surface area (Å²) in [4.78, 5) is 8.13. The van der Waals surface area contributed by atoms with Gasteiger partial charge in [0.05, 0.1) is 0 Å². The standard InChI is InChI=1S/C8H12ClN3/c9-7-4-6-11-8(12-7)3-1-2-5-10/h4,6H,1-3,5,10H2. The Balaban J connectivity index is 2.41. The van der Waals surface area contributed by atoms with Crippen molar-refractivity contribution in [1.29, 1.82) is 0 Å². The fraction of sp³-hybridized carbons (Fsp3) is 0.500. The second kappa shape index (κ2) is 5.06. The van der Waals surface area contributed by atoms with Gasteiger partial charge in [0, 0.05) is 12.6 Å². The monoisotopic (exact) mass is 185 g/mol. The minimum Gasteiger partial charge on any atom is -0.330 e. The normalized spacial score (nSPS) is 10.2. The van der Waals surface area contributed by atoms with Crippen LogP contribution in [0.5, 0.6) is 0 Å². The molecule has 0 aliphatic rings. The van der Waals surface area contributed by atoms with E-state index in [9.17, 15) is 0 Å². The number of hydrogen-bond acceptors (Lipinski definition) is 3. The average Bonchev–Trinajstić information content (AvgIpc) is 2.05. The number of rotatable bonds is 4. The van der Waals surface area contributed by atoms with Gasteiger partial charge in [0.25, 0.3) is 0 Å². The molecular weight excluding hydrogens is 174 g/mol. The van der Waals surface area contributed by atoms with Crippen molar-refractivity contribution >= 4 is 11.6 Å². The Bertz CT molecular complexity index is 239. The van der Waals surface area contributed by atoms with Gasteiger partial charge < -0.3 is 5.73 Å². The van der Waals surface area contributed by atoms with Crippen LogP contribution in [0.4, 0.5) is 0 Å². The van der Waals surface area contributed by atoms with Crippen molar-refractivity contribution < 1.29 is 0 Å². The van der Waals surface area contributed by atoms with Crippen molar-refractivity contribution in [2.45, 2.75) is 19.3 Å². The highest BCUT2D eigenvalue weighted by atomic mass is 35.5. The van der Waals surface area contributed by atoms with Crippen LogP contribution in [0.2, 0.25) is 5.15 Å². The largest absolute Gasteiger partial charge is 0.330 e. The molecule has 2 N–H and O–H groups in total. The minimum absolute atomic E-state index is 0.507. The smallest absolute Gasteiger partial charge is 0.132 e. The summed E-state index contributed by atoms with van der Waals surface area (Å²) in [6.45, 7) is 0.723. The molecule has 3 nitrogen and oxygen atoms in total. The zero-order valence-corrected chi connectivity index (χ0v) is 7.59. The van der Waals surface area contributed by atoms with Crippen LogP contribution in [-0.4, -0.2) is 16.5 Å². The van der Waals surface area contributed by atoms with Crippen molar-refractivity contribution in [3.8, 4) is 0 Å². The Morgan fingerprint density at radius 3 is 2.92 bits per heavy atom. The van der Waals surface area contributed by atoms with Crippen LogP contribution >= 0.6 is 11.6 Å². The minimum atomic E-state index is 0.507. The van der Waals surface area contributed by atoms with Crippen LogP contribution in [-0.2, 0) is 6.42 Å². The number of aryl methyl sites for hydroxylation is 1. The van der Waals surface area contributed by atoms with Gasteiger partial charge in [0.15, 0.2) is 0 Å². The molecule has 4 heteroatoms. The van der Waals surface area contributed by atoms with Crippen molar-refractivity contribution in [1.82, 2.24) is 9.97 Å². The van der Waals surface area contributed by atoms with Gasteiger partial charge in [-0.05, 0) is 25.5 Å². The lowest BCUT2D eigenvalue weighted by Crippen LogP contribution is -2.00. The van der Waals surface area contributed by atoms with Gasteiger partial charge in [-0.3, -0.25) is 0 Å². The van der Waals surface area contributed by atoms with Gasteiger partial charge in [-0.15, -0.1) is 0 Å². The molecular formula is C8H12ClN3. The van der Waals surface area contributed by atoms with E-state index in [2.05, 4.69) is 9.97 Å².